The third-order valence-corrected chi connectivity index (χ3v) is 6.93. The van der Waals surface area contributed by atoms with E-state index in [1.807, 2.05) is 47.7 Å². The van der Waals surface area contributed by atoms with Crippen LogP contribution in [-0.4, -0.2) is 56.8 Å². The van der Waals surface area contributed by atoms with Gasteiger partial charge in [-0.1, -0.05) is 30.3 Å². The minimum Gasteiger partial charge on any atom is -0.444 e. The number of hydrogen-bond donors (Lipinski definition) is 2. The molecule has 0 saturated carbocycles. The Morgan fingerprint density at radius 1 is 0.955 bits per heavy atom. The van der Waals surface area contributed by atoms with Gasteiger partial charge in [0.2, 0.25) is 0 Å². The fraction of sp³-hybridized carbons (Fsp3) is 0.406. The Labute approximate surface area is 271 Å². The van der Waals surface area contributed by atoms with Crippen LogP contribution in [0.2, 0.25) is 0 Å². The lowest BCUT2D eigenvalue weighted by atomic mass is 10.1. The lowest BCUT2D eigenvalue weighted by molar-refractivity contribution is 0.0171. The summed E-state index contributed by atoms with van der Waals surface area (Å²) in [5, 5.41) is 5.41. The van der Waals surface area contributed by atoms with Crippen LogP contribution in [-0.2, 0) is 9.47 Å². The summed E-state index contributed by atoms with van der Waals surface area (Å²) in [4.78, 5) is 56.4. The Morgan fingerprint density at radius 2 is 1.57 bits per heavy atom. The Bertz CT molecular complexity index is 1510. The van der Waals surface area contributed by atoms with Gasteiger partial charge in [0.15, 0.2) is 5.82 Å². The van der Waals surface area contributed by atoms with Crippen LogP contribution < -0.4 is 16.3 Å². The van der Waals surface area contributed by atoms with Crippen molar-refractivity contribution in [1.29, 1.82) is 0 Å². The van der Waals surface area contributed by atoms with E-state index in [4.69, 9.17) is 9.47 Å². The smallest absolute Gasteiger partial charge is 0.410 e. The molecular formula is C32H40IN5O6. The molecule has 0 aliphatic rings. The number of hydrogen-bond acceptors (Lipinski definition) is 7. The molecule has 12 heteroatoms. The molecule has 0 spiro atoms. The number of alkyl carbamates (subject to hydrolysis) is 1. The monoisotopic (exact) mass is 717 g/mol. The SMILES string of the molecule is C[C@@H](c1ccc(-n2cc(I)c(NC(=O)c3ccccc3)nc2=O)cc1)N(CCCNC(=O)OC(C)(C)C)C(=O)OC(C)(C)C. The van der Waals surface area contributed by atoms with E-state index < -0.39 is 29.1 Å². The fourth-order valence-corrected chi connectivity index (χ4v) is 4.62. The highest BCUT2D eigenvalue weighted by atomic mass is 127. The van der Waals surface area contributed by atoms with Crippen LogP contribution >= 0.6 is 22.6 Å². The molecule has 3 amide bonds. The topological polar surface area (TPSA) is 132 Å². The molecule has 3 rings (SSSR count). The first-order valence-electron chi connectivity index (χ1n) is 14.3. The average molecular weight is 718 g/mol. The minimum atomic E-state index is -0.689. The van der Waals surface area contributed by atoms with Gasteiger partial charge in [0, 0.05) is 24.8 Å². The largest absolute Gasteiger partial charge is 0.444 e. The molecule has 0 aliphatic carbocycles. The van der Waals surface area contributed by atoms with E-state index in [1.165, 1.54) is 4.57 Å². The Morgan fingerprint density at radius 3 is 2.16 bits per heavy atom. The minimum absolute atomic E-state index is 0.181. The van der Waals surface area contributed by atoms with E-state index in [9.17, 15) is 19.2 Å². The third kappa shape index (κ3) is 10.4. The zero-order chi connectivity index (χ0) is 32.7. The molecule has 11 nitrogen and oxygen atoms in total. The summed E-state index contributed by atoms with van der Waals surface area (Å²) < 4.78 is 12.9. The highest BCUT2D eigenvalue weighted by Gasteiger charge is 2.27. The fourth-order valence-electron chi connectivity index (χ4n) is 4.09. The van der Waals surface area contributed by atoms with Crippen molar-refractivity contribution in [2.75, 3.05) is 18.4 Å². The van der Waals surface area contributed by atoms with Crippen molar-refractivity contribution in [3.8, 4) is 5.69 Å². The lowest BCUT2D eigenvalue weighted by Crippen LogP contribution is -2.40. The van der Waals surface area contributed by atoms with Crippen LogP contribution in [0, 0.1) is 3.57 Å². The first-order valence-corrected chi connectivity index (χ1v) is 15.3. The van der Waals surface area contributed by atoms with Crippen LogP contribution in [0.5, 0.6) is 0 Å². The van der Waals surface area contributed by atoms with Gasteiger partial charge < -0.3 is 25.0 Å². The van der Waals surface area contributed by atoms with Crippen molar-refractivity contribution in [1.82, 2.24) is 19.8 Å². The van der Waals surface area contributed by atoms with Gasteiger partial charge in [-0.15, -0.1) is 0 Å². The highest BCUT2D eigenvalue weighted by Crippen LogP contribution is 2.25. The number of aromatic nitrogens is 2. The van der Waals surface area contributed by atoms with E-state index in [0.29, 0.717) is 34.3 Å². The molecular weight excluding hydrogens is 677 g/mol. The maximum atomic E-state index is 13.2. The van der Waals surface area contributed by atoms with Crippen molar-refractivity contribution in [2.24, 2.45) is 0 Å². The molecule has 0 aliphatic heterocycles. The molecule has 0 saturated heterocycles. The van der Waals surface area contributed by atoms with Gasteiger partial charge in [-0.2, -0.15) is 4.98 Å². The standard InChI is InChI=1S/C32H40IN5O6/c1-21(37(30(42)44-32(5,6)7)19-11-18-34-29(41)43-31(2,3)4)22-14-16-24(17-15-22)38-20-25(33)26(36-28(38)40)35-27(39)23-12-9-8-10-13-23/h8-10,12-17,20-21H,11,18-19H2,1-7H3,(H,34,41)(H,35,36,39,40)/t21-/m0/s1. The second-order valence-electron chi connectivity index (χ2n) is 12.1. The molecule has 2 N–H and O–H groups in total. The molecule has 236 valence electrons. The number of rotatable bonds is 9. The van der Waals surface area contributed by atoms with Crippen LogP contribution in [0.25, 0.3) is 5.69 Å². The Hall–Kier alpha value is -3.94. The number of amides is 3. The van der Waals surface area contributed by atoms with Crippen molar-refractivity contribution in [2.45, 2.75) is 72.1 Å². The van der Waals surface area contributed by atoms with Crippen molar-refractivity contribution in [3.63, 3.8) is 0 Å². The molecule has 44 heavy (non-hydrogen) atoms. The number of halogens is 1. The molecule has 2 aromatic carbocycles. The normalized spacial score (nSPS) is 12.2. The molecule has 3 aromatic rings. The summed E-state index contributed by atoms with van der Waals surface area (Å²) in [6.45, 7) is 13.3. The first-order chi connectivity index (χ1) is 20.5. The number of nitrogens with zero attached hydrogens (tertiary/aromatic N) is 3. The summed E-state index contributed by atoms with van der Waals surface area (Å²) >= 11 is 2.02. The highest BCUT2D eigenvalue weighted by molar-refractivity contribution is 14.1. The summed E-state index contributed by atoms with van der Waals surface area (Å²) in [5.74, 6) is -0.179. The Balaban J connectivity index is 1.74. The molecule has 1 heterocycles. The zero-order valence-electron chi connectivity index (χ0n) is 26.1. The van der Waals surface area contributed by atoms with Crippen molar-refractivity contribution >= 4 is 46.5 Å². The molecule has 0 radical (unpaired) electrons. The van der Waals surface area contributed by atoms with Gasteiger partial charge in [-0.25, -0.2) is 14.4 Å². The average Bonchev–Trinajstić information content (AvgIpc) is 2.93. The Kier molecular flexibility index (Phi) is 11.5. The predicted octanol–water partition coefficient (Wildman–Crippen LogP) is 6.30. The third-order valence-electron chi connectivity index (χ3n) is 6.14. The van der Waals surface area contributed by atoms with Crippen LogP contribution in [0.15, 0.2) is 65.6 Å². The van der Waals surface area contributed by atoms with Crippen LogP contribution in [0.3, 0.4) is 0 Å². The van der Waals surface area contributed by atoms with Crippen molar-refractivity contribution in [3.05, 3.63) is 86.0 Å². The quantitative estimate of drug-likeness (QED) is 0.196. The van der Waals surface area contributed by atoms with Gasteiger partial charge in [0.25, 0.3) is 5.91 Å². The summed E-state index contributed by atoms with van der Waals surface area (Å²) in [6, 6.07) is 15.5. The molecule has 0 unspecified atom stereocenters. The van der Waals surface area contributed by atoms with E-state index in [2.05, 4.69) is 15.6 Å². The number of ether oxygens (including phenoxy) is 2. The van der Waals surface area contributed by atoms with E-state index in [1.54, 1.807) is 89.0 Å². The molecule has 1 aromatic heterocycles. The number of nitrogens with one attached hydrogen (secondary N) is 2. The summed E-state index contributed by atoms with van der Waals surface area (Å²) in [6.07, 6.45) is 1.10. The van der Waals surface area contributed by atoms with Gasteiger partial charge in [0.1, 0.15) is 11.2 Å². The second-order valence-corrected chi connectivity index (χ2v) is 13.3. The lowest BCUT2D eigenvalue weighted by Gasteiger charge is -2.32. The maximum absolute atomic E-state index is 13.2. The summed E-state index contributed by atoms with van der Waals surface area (Å²) in [5.41, 5.74) is 0.00441. The number of anilines is 1. The van der Waals surface area contributed by atoms with Crippen LogP contribution in [0.4, 0.5) is 15.4 Å². The van der Waals surface area contributed by atoms with Gasteiger partial charge in [0.05, 0.1) is 15.3 Å². The molecule has 1 atom stereocenters. The van der Waals surface area contributed by atoms with Gasteiger partial charge in [-0.05, 0) is 107 Å². The van der Waals surface area contributed by atoms with Gasteiger partial charge in [-0.3, -0.25) is 9.36 Å². The predicted molar refractivity (Wildman–Crippen MR) is 177 cm³/mol. The second kappa shape index (κ2) is 14.7. The first kappa shape index (κ1) is 34.5. The van der Waals surface area contributed by atoms with E-state index in [0.717, 1.165) is 5.56 Å². The van der Waals surface area contributed by atoms with Gasteiger partial charge >= 0.3 is 17.9 Å². The molecule has 0 fully saturated rings. The van der Waals surface area contributed by atoms with Crippen LogP contribution in [0.1, 0.15) is 76.9 Å². The number of carbonyl (C=O) groups excluding carboxylic acids is 3. The van der Waals surface area contributed by atoms with Crippen molar-refractivity contribution < 1.29 is 23.9 Å². The van der Waals surface area contributed by atoms with E-state index in [-0.39, 0.29) is 17.8 Å². The summed E-state index contributed by atoms with van der Waals surface area (Å²) in [7, 11) is 0. The maximum Gasteiger partial charge on any atom is 0.410 e. The zero-order valence-corrected chi connectivity index (χ0v) is 28.3. The number of benzene rings is 2. The van der Waals surface area contributed by atoms with E-state index >= 15 is 0 Å². The molecule has 0 bridgehead atoms. The number of carbonyl (C=O) groups is 3.